The average molecular weight is 731 g/mol. The number of aliphatic hydroxyl groups excluding tert-OH is 1. The minimum atomic E-state index is -0.965. The van der Waals surface area contributed by atoms with Crippen LogP contribution < -0.4 is 12.4 Å². The number of hydrogen-bond donors (Lipinski definition) is 1. The molecule has 5 aliphatic heterocycles. The SMILES string of the molecule is CO[C@H]1C[C@H]2C=C[C@H]3[C@H]4O[C@]2(/C(C)=C/[C@@H](C)[C@@H]([C@@H](C)OC(=O)CCC[N+]25CCN(CC2)CC5)OC1=O)[C@@H]3[C@H](O)[C@@H](C)[C@H]4OC(=O)C1=CC=CC1.[Cl-]. The molecule has 12 atom stereocenters. The fourth-order valence-electron chi connectivity index (χ4n) is 10.2. The first-order valence-corrected chi connectivity index (χ1v) is 18.8. The van der Waals surface area contributed by atoms with Crippen LogP contribution in [0.25, 0.3) is 0 Å². The van der Waals surface area contributed by atoms with E-state index in [1.54, 1.807) is 13.0 Å². The van der Waals surface area contributed by atoms with Crippen LogP contribution in [0.5, 0.6) is 0 Å². The molecule has 5 heterocycles. The summed E-state index contributed by atoms with van der Waals surface area (Å²) in [7, 11) is 1.49. The van der Waals surface area contributed by atoms with Crippen LogP contribution in [-0.4, -0.2) is 128 Å². The Morgan fingerprint density at radius 2 is 1.88 bits per heavy atom. The van der Waals surface area contributed by atoms with Gasteiger partial charge in [0.25, 0.3) is 0 Å². The second-order valence-electron chi connectivity index (χ2n) is 16.0. The standard InChI is InChI=1S/C39H55N2O9.ClH/c1-23-21-24(2)39-28(12-13-29-32(39)33(43)25(3)35(36(29)50-39)49-37(44)27-9-6-7-10-27)22-30(46-5)38(45)48-34(23)26(4)47-31(42)11-8-17-41-18-14-40(15-19-41)16-20-41;/h6-7,9,12-13,21,23,25-26,28-30,32-36,43H,8,10-11,14-20,22H2,1-5H3;1H/q+1;/p-1/b24-21+;/t23-,25-,26-,28-,29-,30+,32+,33-,34+,35-,36-,39+;/m1./s1. The van der Waals surface area contributed by atoms with Crippen molar-refractivity contribution in [1.82, 2.24) is 4.90 Å². The molecule has 51 heavy (non-hydrogen) atoms. The molecule has 11 nitrogen and oxygen atoms in total. The Bertz CT molecular complexity index is 1460. The van der Waals surface area contributed by atoms with E-state index in [0.29, 0.717) is 18.4 Å². The monoisotopic (exact) mass is 730 g/mol. The Labute approximate surface area is 308 Å². The van der Waals surface area contributed by atoms with Crippen molar-refractivity contribution in [2.45, 2.75) is 95.6 Å². The molecule has 282 valence electrons. The molecule has 6 bridgehead atoms. The first-order valence-electron chi connectivity index (χ1n) is 18.8. The molecule has 12 heteroatoms. The van der Waals surface area contributed by atoms with Crippen molar-refractivity contribution in [1.29, 1.82) is 0 Å². The van der Waals surface area contributed by atoms with E-state index in [0.717, 1.165) is 62.3 Å². The van der Waals surface area contributed by atoms with Crippen molar-refractivity contribution < 1.29 is 60.1 Å². The highest BCUT2D eigenvalue weighted by atomic mass is 35.5. The van der Waals surface area contributed by atoms with Gasteiger partial charge in [0.05, 0.1) is 38.7 Å². The van der Waals surface area contributed by atoms with Crippen molar-refractivity contribution in [2.24, 2.45) is 29.6 Å². The Morgan fingerprint density at radius 3 is 2.55 bits per heavy atom. The first kappa shape index (κ1) is 38.2. The number of fused-ring (bicyclic) bond motifs is 3. The van der Waals surface area contributed by atoms with Crippen LogP contribution in [0.15, 0.2) is 47.6 Å². The maximum absolute atomic E-state index is 13.7. The van der Waals surface area contributed by atoms with E-state index >= 15 is 0 Å². The summed E-state index contributed by atoms with van der Waals surface area (Å²) < 4.78 is 32.1. The summed E-state index contributed by atoms with van der Waals surface area (Å²) in [5.74, 6) is -2.74. The van der Waals surface area contributed by atoms with Gasteiger partial charge in [-0.25, -0.2) is 9.59 Å². The molecule has 1 saturated carbocycles. The van der Waals surface area contributed by atoms with Gasteiger partial charge in [-0.05, 0) is 32.3 Å². The van der Waals surface area contributed by atoms with Gasteiger partial charge in [0.2, 0.25) is 0 Å². The minimum absolute atomic E-state index is 0. The summed E-state index contributed by atoms with van der Waals surface area (Å²) in [5, 5.41) is 12.0. The molecule has 1 spiro atoms. The smallest absolute Gasteiger partial charge is 0.335 e. The normalized spacial score (nSPS) is 43.9. The molecule has 0 aromatic carbocycles. The van der Waals surface area contributed by atoms with Gasteiger partial charge in [0.1, 0.15) is 30.0 Å². The molecule has 0 amide bonds. The highest BCUT2D eigenvalue weighted by Gasteiger charge is 2.69. The largest absolute Gasteiger partial charge is 1.00 e. The third-order valence-electron chi connectivity index (χ3n) is 13.1. The van der Waals surface area contributed by atoms with Gasteiger partial charge in [-0.1, -0.05) is 50.3 Å². The van der Waals surface area contributed by atoms with E-state index < -0.39 is 48.2 Å². The Morgan fingerprint density at radius 1 is 1.16 bits per heavy atom. The van der Waals surface area contributed by atoms with Crippen LogP contribution in [0, 0.1) is 29.6 Å². The van der Waals surface area contributed by atoms with E-state index in [1.165, 1.54) is 7.11 Å². The summed E-state index contributed by atoms with van der Waals surface area (Å²) >= 11 is 0. The molecule has 0 aromatic rings. The lowest BCUT2D eigenvalue weighted by molar-refractivity contribution is -0.941. The molecule has 8 rings (SSSR count). The molecule has 0 radical (unpaired) electrons. The lowest BCUT2D eigenvalue weighted by atomic mass is 9.57. The fraction of sp³-hybridized carbons (Fsp3) is 0.718. The molecule has 0 aromatic heterocycles. The zero-order chi connectivity index (χ0) is 35.4. The summed E-state index contributed by atoms with van der Waals surface area (Å²) in [6.07, 6.45) is 9.29. The Hall–Kier alpha value is -2.54. The first-order chi connectivity index (χ1) is 24.0. The van der Waals surface area contributed by atoms with Crippen molar-refractivity contribution >= 4 is 17.9 Å². The summed E-state index contributed by atoms with van der Waals surface area (Å²) in [5.41, 5.74) is 0.526. The zero-order valence-corrected chi connectivity index (χ0v) is 31.3. The predicted octanol–water partition coefficient (Wildman–Crippen LogP) is 0.126. The highest BCUT2D eigenvalue weighted by molar-refractivity contribution is 5.90. The molecule has 5 fully saturated rings. The van der Waals surface area contributed by atoms with Crippen LogP contribution in [0.2, 0.25) is 0 Å². The second kappa shape index (κ2) is 15.1. The van der Waals surface area contributed by atoms with Crippen LogP contribution in [-0.2, 0) is 38.1 Å². The van der Waals surface area contributed by atoms with Crippen molar-refractivity contribution in [3.8, 4) is 0 Å². The van der Waals surface area contributed by atoms with E-state index in [4.69, 9.17) is 23.7 Å². The van der Waals surface area contributed by atoms with Crippen LogP contribution in [0.1, 0.15) is 53.4 Å². The van der Waals surface area contributed by atoms with Gasteiger partial charge in [0.15, 0.2) is 6.10 Å². The molecule has 1 N–H and O–H groups in total. The van der Waals surface area contributed by atoms with Gasteiger partial charge in [-0.2, -0.15) is 0 Å². The zero-order valence-electron chi connectivity index (χ0n) is 30.6. The number of methoxy groups -OCH3 is 1. The van der Waals surface area contributed by atoms with E-state index in [-0.39, 0.29) is 60.4 Å². The number of aliphatic hydroxyl groups is 1. The molecular formula is C39H55ClN2O9. The number of quaternary nitrogens is 1. The third-order valence-corrected chi connectivity index (χ3v) is 13.1. The lowest BCUT2D eigenvalue weighted by Gasteiger charge is -2.50. The highest BCUT2D eigenvalue weighted by Crippen LogP contribution is 2.61. The number of allylic oxidation sites excluding steroid dienone is 3. The third kappa shape index (κ3) is 6.87. The number of esters is 3. The predicted molar refractivity (Wildman–Crippen MR) is 183 cm³/mol. The molecule has 4 saturated heterocycles. The molecular weight excluding hydrogens is 676 g/mol. The summed E-state index contributed by atoms with van der Waals surface area (Å²) in [6.45, 7) is 15.5. The maximum atomic E-state index is 13.7. The number of halogens is 1. The van der Waals surface area contributed by atoms with E-state index in [9.17, 15) is 19.5 Å². The number of cyclic esters (lactones) is 1. The van der Waals surface area contributed by atoms with Gasteiger partial charge >= 0.3 is 17.9 Å². The van der Waals surface area contributed by atoms with Gasteiger partial charge in [-0.15, -0.1) is 0 Å². The maximum Gasteiger partial charge on any atom is 0.335 e. The van der Waals surface area contributed by atoms with Crippen molar-refractivity contribution in [2.75, 3.05) is 52.9 Å². The van der Waals surface area contributed by atoms with Crippen LogP contribution in [0.4, 0.5) is 0 Å². The number of hydrogen-bond acceptors (Lipinski definition) is 10. The number of piperazine rings is 3. The molecule has 3 aliphatic carbocycles. The quantitative estimate of drug-likeness (QED) is 0.152. The Balaban J connectivity index is 0.00000448. The lowest BCUT2D eigenvalue weighted by Crippen LogP contribution is -3.00. The number of rotatable bonds is 9. The topological polar surface area (TPSA) is 121 Å². The number of ether oxygens (including phenoxy) is 5. The fourth-order valence-corrected chi connectivity index (χ4v) is 10.2. The van der Waals surface area contributed by atoms with Gasteiger partial charge in [0, 0.05) is 68.3 Å². The van der Waals surface area contributed by atoms with Crippen molar-refractivity contribution in [3.63, 3.8) is 0 Å². The average Bonchev–Trinajstić information content (AvgIpc) is 3.71. The number of nitrogens with zero attached hydrogens (tertiary/aromatic N) is 2. The van der Waals surface area contributed by atoms with Crippen LogP contribution in [0.3, 0.4) is 0 Å². The van der Waals surface area contributed by atoms with E-state index in [1.807, 2.05) is 32.9 Å². The Kier molecular flexibility index (Phi) is 11.3. The van der Waals surface area contributed by atoms with Crippen molar-refractivity contribution in [3.05, 3.63) is 47.6 Å². The molecule has 8 aliphatic rings. The second-order valence-corrected chi connectivity index (χ2v) is 16.0. The summed E-state index contributed by atoms with van der Waals surface area (Å²) in [6, 6.07) is 0. The van der Waals surface area contributed by atoms with E-state index in [2.05, 4.69) is 23.1 Å². The minimum Gasteiger partial charge on any atom is -1.00 e. The molecule has 0 unspecified atom stereocenters. The number of carbonyl (C=O) groups excluding carboxylic acids is 3. The van der Waals surface area contributed by atoms with Gasteiger partial charge in [-0.3, -0.25) is 9.69 Å². The summed E-state index contributed by atoms with van der Waals surface area (Å²) in [4.78, 5) is 42.6. The van der Waals surface area contributed by atoms with Gasteiger partial charge < -0.3 is 45.7 Å². The van der Waals surface area contributed by atoms with Crippen LogP contribution >= 0.6 is 0 Å². The number of carbonyl (C=O) groups is 3.